The number of carbonyl (C=O) groups is 1. The Morgan fingerprint density at radius 1 is 1.02 bits per heavy atom. The van der Waals surface area contributed by atoms with Gasteiger partial charge in [-0.15, -0.1) is 0 Å². The summed E-state index contributed by atoms with van der Waals surface area (Å²) < 4.78 is 42.5. The minimum absolute atomic E-state index is 0.0791. The lowest BCUT2D eigenvalue weighted by Gasteiger charge is -2.41. The molecule has 1 saturated carbocycles. The zero-order valence-electron chi connectivity index (χ0n) is 24.8. The molecule has 0 radical (unpaired) electrons. The predicted molar refractivity (Wildman–Crippen MR) is 165 cm³/mol. The van der Waals surface area contributed by atoms with Crippen molar-refractivity contribution in [3.8, 4) is 11.5 Å². The summed E-state index contributed by atoms with van der Waals surface area (Å²) in [4.78, 5) is 12.9. The number of hydrogen-bond acceptors (Lipinski definition) is 11. The van der Waals surface area contributed by atoms with Crippen LogP contribution in [-0.4, -0.2) is 101 Å². The first-order valence-electron chi connectivity index (χ1n) is 14.4. The Bertz CT molecular complexity index is 1500. The normalized spacial score (nSPS) is 33.1. The lowest BCUT2D eigenvalue weighted by molar-refractivity contribution is -0.155. The number of amides is 1. The molecule has 2 aromatic carbocycles. The number of benzene rings is 2. The molecule has 12 nitrogen and oxygen atoms in total. The summed E-state index contributed by atoms with van der Waals surface area (Å²) in [6.07, 6.45) is -8.69. The van der Waals surface area contributed by atoms with Gasteiger partial charge in [-0.2, -0.15) is 0 Å². The number of nitrogens with one attached hydrogen (secondary N) is 1. The largest absolute Gasteiger partial charge is 0.488 e. The Labute approximate surface area is 274 Å². The third kappa shape index (κ3) is 7.28. The second-order valence-electron chi connectivity index (χ2n) is 11.3. The Morgan fingerprint density at radius 2 is 1.72 bits per heavy atom. The Kier molecular flexibility index (Phi) is 10.8. The Balaban J connectivity index is 1.18. The van der Waals surface area contributed by atoms with Gasteiger partial charge in [-0.3, -0.25) is 4.79 Å². The van der Waals surface area contributed by atoms with Crippen LogP contribution in [0.5, 0.6) is 11.5 Å². The van der Waals surface area contributed by atoms with Crippen molar-refractivity contribution in [2.75, 3.05) is 19.1 Å². The number of ether oxygens (including phenoxy) is 5. The molecule has 5 rings (SSSR count). The maximum absolute atomic E-state index is 15.0. The minimum Gasteiger partial charge on any atom is -0.488 e. The van der Waals surface area contributed by atoms with E-state index in [0.717, 1.165) is 0 Å². The van der Waals surface area contributed by atoms with E-state index in [-0.39, 0.29) is 30.4 Å². The minimum atomic E-state index is -1.88. The molecule has 1 amide bonds. The number of carbonyl (C=O) groups excluding carboxylic acids is 1. The highest BCUT2D eigenvalue weighted by atomic mass is 35.5. The molecular formula is C31H35Cl2FN2O10. The second kappa shape index (κ2) is 14.4. The van der Waals surface area contributed by atoms with Gasteiger partial charge in [-0.1, -0.05) is 29.3 Å². The van der Waals surface area contributed by atoms with Crippen LogP contribution in [0.25, 0.3) is 6.08 Å². The van der Waals surface area contributed by atoms with Crippen LogP contribution in [0, 0.1) is 0 Å². The van der Waals surface area contributed by atoms with Crippen LogP contribution in [0.1, 0.15) is 19.4 Å². The number of halogens is 3. The van der Waals surface area contributed by atoms with Crippen molar-refractivity contribution in [1.82, 2.24) is 5.32 Å². The molecule has 0 aromatic heterocycles. The standard InChI is InChI=1S/C31H35Cl2FN2O10/c1-13(7-8-42-19-6-4-16(32)11-17(19)33)27-23(37)21(34)31(46-27)45-20-5-3-15(10-18(20)35)9-14(2)30(41)36-22-24(38)26(40)29-28(25(22)39)43-12-44-29/h3-7,9-11,21-29,31,37-40H,8,12,35H2,1-2H3,(H,36,41)/t21-,22-,23+,24+,25-,26-,27-,28+,29-,31-/m1/s1. The number of fused-ring (bicyclic) bond motifs is 1. The molecule has 46 heavy (non-hydrogen) atoms. The molecule has 2 aromatic rings. The van der Waals surface area contributed by atoms with E-state index < -0.39 is 67.1 Å². The van der Waals surface area contributed by atoms with E-state index in [0.29, 0.717) is 26.9 Å². The van der Waals surface area contributed by atoms with Crippen molar-refractivity contribution in [3.63, 3.8) is 0 Å². The molecule has 250 valence electrons. The molecule has 2 saturated heterocycles. The average molecular weight is 686 g/mol. The summed E-state index contributed by atoms with van der Waals surface area (Å²) in [6.45, 7) is 3.11. The first kappa shape index (κ1) is 34.4. The van der Waals surface area contributed by atoms with Gasteiger partial charge in [0.2, 0.25) is 12.2 Å². The van der Waals surface area contributed by atoms with E-state index in [9.17, 15) is 25.2 Å². The fraction of sp³-hybridized carbons (Fsp3) is 0.452. The third-order valence-corrected chi connectivity index (χ3v) is 8.61. The number of hydrogen-bond donors (Lipinski definition) is 6. The van der Waals surface area contributed by atoms with Gasteiger partial charge in [-0.05, 0) is 67.5 Å². The molecule has 0 bridgehead atoms. The van der Waals surface area contributed by atoms with Gasteiger partial charge < -0.3 is 55.2 Å². The third-order valence-electron chi connectivity index (χ3n) is 8.08. The fourth-order valence-electron chi connectivity index (χ4n) is 5.49. The number of anilines is 1. The first-order chi connectivity index (χ1) is 21.8. The van der Waals surface area contributed by atoms with E-state index >= 15 is 4.39 Å². The molecule has 3 aliphatic rings. The molecule has 2 aliphatic heterocycles. The van der Waals surface area contributed by atoms with Gasteiger partial charge in [-0.25, -0.2) is 4.39 Å². The molecule has 15 heteroatoms. The lowest BCUT2D eigenvalue weighted by atomic mass is 9.83. The molecular weight excluding hydrogens is 650 g/mol. The summed E-state index contributed by atoms with van der Waals surface area (Å²) >= 11 is 12.0. The molecule has 10 atom stereocenters. The molecule has 1 aliphatic carbocycles. The zero-order chi connectivity index (χ0) is 33.3. The van der Waals surface area contributed by atoms with Crippen LogP contribution < -0.4 is 20.5 Å². The predicted octanol–water partition coefficient (Wildman–Crippen LogP) is 2.13. The quantitative estimate of drug-likeness (QED) is 0.129. The number of alkyl halides is 1. The van der Waals surface area contributed by atoms with Gasteiger partial charge >= 0.3 is 0 Å². The molecule has 0 unspecified atom stereocenters. The maximum Gasteiger partial charge on any atom is 0.247 e. The molecule has 0 spiro atoms. The zero-order valence-corrected chi connectivity index (χ0v) is 26.3. The van der Waals surface area contributed by atoms with Crippen LogP contribution in [0.2, 0.25) is 10.0 Å². The van der Waals surface area contributed by atoms with E-state index in [1.54, 1.807) is 37.3 Å². The van der Waals surface area contributed by atoms with E-state index in [4.69, 9.17) is 52.6 Å². The Morgan fingerprint density at radius 3 is 2.41 bits per heavy atom. The van der Waals surface area contributed by atoms with Crippen molar-refractivity contribution >= 4 is 40.9 Å². The lowest BCUT2D eigenvalue weighted by Crippen LogP contribution is -2.67. The van der Waals surface area contributed by atoms with Crippen molar-refractivity contribution in [2.45, 2.75) is 75.1 Å². The van der Waals surface area contributed by atoms with Crippen molar-refractivity contribution in [2.24, 2.45) is 0 Å². The average Bonchev–Trinajstić information content (AvgIpc) is 3.62. The number of aliphatic hydroxyl groups excluding tert-OH is 4. The summed E-state index contributed by atoms with van der Waals surface area (Å²) in [5.74, 6) is -0.110. The van der Waals surface area contributed by atoms with Gasteiger partial charge in [0.05, 0.1) is 16.8 Å². The van der Waals surface area contributed by atoms with Crippen molar-refractivity contribution in [3.05, 3.63) is 69.2 Å². The smallest absolute Gasteiger partial charge is 0.247 e. The van der Waals surface area contributed by atoms with Crippen molar-refractivity contribution < 1.29 is 53.3 Å². The molecule has 2 heterocycles. The highest BCUT2D eigenvalue weighted by Gasteiger charge is 2.53. The summed E-state index contributed by atoms with van der Waals surface area (Å²) in [5, 5.41) is 45.2. The van der Waals surface area contributed by atoms with Gasteiger partial charge in [0.25, 0.3) is 0 Å². The fourth-order valence-corrected chi connectivity index (χ4v) is 5.96. The summed E-state index contributed by atoms with van der Waals surface area (Å²) in [6, 6.07) is 8.12. The highest BCUT2D eigenvalue weighted by Crippen LogP contribution is 2.34. The van der Waals surface area contributed by atoms with Gasteiger partial charge in [0.1, 0.15) is 67.6 Å². The molecule has 3 fully saturated rings. The van der Waals surface area contributed by atoms with Gasteiger partial charge in [0, 0.05) is 10.6 Å². The Hall–Kier alpha value is -2.98. The maximum atomic E-state index is 15.0. The first-order valence-corrected chi connectivity index (χ1v) is 15.2. The van der Waals surface area contributed by atoms with E-state index in [2.05, 4.69) is 5.32 Å². The number of nitrogens with two attached hydrogens (primary N) is 1. The van der Waals surface area contributed by atoms with E-state index in [1.807, 2.05) is 0 Å². The molecule has 7 N–H and O–H groups in total. The van der Waals surface area contributed by atoms with Crippen LogP contribution in [0.15, 0.2) is 53.6 Å². The topological polar surface area (TPSA) is 182 Å². The van der Waals surface area contributed by atoms with Crippen LogP contribution in [0.3, 0.4) is 0 Å². The summed E-state index contributed by atoms with van der Waals surface area (Å²) in [5.41, 5.74) is 7.48. The van der Waals surface area contributed by atoms with E-state index in [1.165, 1.54) is 25.1 Å². The number of aliphatic hydroxyl groups is 4. The van der Waals surface area contributed by atoms with Gasteiger partial charge in [0.15, 0.2) is 6.17 Å². The van der Waals surface area contributed by atoms with Crippen molar-refractivity contribution in [1.29, 1.82) is 0 Å². The summed E-state index contributed by atoms with van der Waals surface area (Å²) in [7, 11) is 0. The highest BCUT2D eigenvalue weighted by molar-refractivity contribution is 6.35. The number of rotatable bonds is 9. The van der Waals surface area contributed by atoms with Crippen LogP contribution in [-0.2, 0) is 19.0 Å². The SMILES string of the molecule is CC(=Cc1ccc(O[C@@H]2O[C@H](C(C)=CCOc3ccc(Cl)cc3Cl)[C@@H](O)[C@H]2F)c(N)c1)C(=O)N[C@@H]1[C@H](O)[C@@H](O)[C@H]2OCO[C@H]2[C@@H]1O. The number of nitrogen functional groups attached to an aromatic ring is 1. The second-order valence-corrected chi connectivity index (χ2v) is 12.1. The monoisotopic (exact) mass is 684 g/mol. The van der Waals surface area contributed by atoms with Crippen LogP contribution >= 0.6 is 23.2 Å². The van der Waals surface area contributed by atoms with Crippen LogP contribution in [0.4, 0.5) is 10.1 Å².